The first-order chi connectivity index (χ1) is 16.6. The van der Waals surface area contributed by atoms with E-state index in [0.717, 1.165) is 17.8 Å². The lowest BCUT2D eigenvalue weighted by Gasteiger charge is -2.32. The van der Waals surface area contributed by atoms with Gasteiger partial charge in [-0.15, -0.1) is 0 Å². The first kappa shape index (κ1) is 22.9. The quantitative estimate of drug-likeness (QED) is 0.435. The first-order valence-corrected chi connectivity index (χ1v) is 10.8. The molecule has 5 rings (SSSR count). The standard InChI is InChI=1S/C22H21F3N8O2/c1-12-28-18-17(13-4-5-16(26-8-13)22(23,24)25)29-21(30-19(18)20(34)32(12)3)33-6-7-35-15(11-33)14-9-27-31(2)10-14/h4-5,8-10,15H,6-7,11H2,1-3H3/t15-/m1/s1. The van der Waals surface area contributed by atoms with Crippen molar-refractivity contribution in [2.24, 2.45) is 14.1 Å². The molecular formula is C22H21F3N8O2. The van der Waals surface area contributed by atoms with Gasteiger partial charge in [0.1, 0.15) is 28.8 Å². The number of rotatable bonds is 3. The monoisotopic (exact) mass is 486 g/mol. The Morgan fingerprint density at radius 2 is 1.89 bits per heavy atom. The van der Waals surface area contributed by atoms with Crippen molar-refractivity contribution in [1.29, 1.82) is 0 Å². The van der Waals surface area contributed by atoms with Gasteiger partial charge in [0.15, 0.2) is 5.52 Å². The number of fused-ring (bicyclic) bond motifs is 1. The van der Waals surface area contributed by atoms with Gasteiger partial charge in [0.05, 0.1) is 19.3 Å². The number of aryl methyl sites for hydroxylation is 2. The predicted molar refractivity (Wildman–Crippen MR) is 120 cm³/mol. The number of hydrogen-bond acceptors (Lipinski definition) is 8. The number of aromatic nitrogens is 7. The van der Waals surface area contributed by atoms with E-state index in [-0.39, 0.29) is 34.3 Å². The van der Waals surface area contributed by atoms with Crippen molar-refractivity contribution in [2.45, 2.75) is 19.2 Å². The molecule has 182 valence electrons. The molecule has 0 unspecified atom stereocenters. The molecule has 1 saturated heterocycles. The van der Waals surface area contributed by atoms with Crippen LogP contribution >= 0.6 is 0 Å². The van der Waals surface area contributed by atoms with E-state index in [9.17, 15) is 18.0 Å². The molecule has 1 atom stereocenters. The van der Waals surface area contributed by atoms with Crippen LogP contribution in [0.4, 0.5) is 19.1 Å². The predicted octanol–water partition coefficient (Wildman–Crippen LogP) is 2.42. The van der Waals surface area contributed by atoms with Gasteiger partial charge in [-0.05, 0) is 19.1 Å². The van der Waals surface area contributed by atoms with Gasteiger partial charge in [0, 0.05) is 44.2 Å². The maximum Gasteiger partial charge on any atom is 0.433 e. The fraction of sp³-hybridized carbons (Fsp3) is 0.364. The van der Waals surface area contributed by atoms with Gasteiger partial charge in [-0.3, -0.25) is 19.0 Å². The van der Waals surface area contributed by atoms with E-state index in [2.05, 4.69) is 25.0 Å². The van der Waals surface area contributed by atoms with E-state index in [1.807, 2.05) is 18.1 Å². The Bertz CT molecular complexity index is 1460. The van der Waals surface area contributed by atoms with E-state index in [1.165, 1.54) is 10.6 Å². The molecular weight excluding hydrogens is 465 g/mol. The highest BCUT2D eigenvalue weighted by Crippen LogP contribution is 2.31. The Labute approximate surface area is 197 Å². The van der Waals surface area contributed by atoms with E-state index < -0.39 is 11.9 Å². The molecule has 1 fully saturated rings. The van der Waals surface area contributed by atoms with Crippen molar-refractivity contribution in [3.63, 3.8) is 0 Å². The van der Waals surface area contributed by atoms with Crippen molar-refractivity contribution in [1.82, 2.24) is 34.3 Å². The maximum absolute atomic E-state index is 13.1. The SMILES string of the molecule is Cc1nc2c(-c3ccc(C(F)(F)F)nc3)nc(N3CCO[C@@H](c4cnn(C)c4)C3)nc2c(=O)n1C. The van der Waals surface area contributed by atoms with Crippen LogP contribution in [0.2, 0.25) is 0 Å². The highest BCUT2D eigenvalue weighted by atomic mass is 19.4. The zero-order valence-electron chi connectivity index (χ0n) is 19.1. The summed E-state index contributed by atoms with van der Waals surface area (Å²) in [4.78, 5) is 32.1. The molecule has 0 aliphatic carbocycles. The number of ether oxygens (including phenoxy) is 1. The van der Waals surface area contributed by atoms with Crippen LogP contribution in [0.15, 0.2) is 35.5 Å². The van der Waals surface area contributed by atoms with Crippen LogP contribution in [0.1, 0.15) is 23.2 Å². The third-order valence-electron chi connectivity index (χ3n) is 5.91. The minimum Gasteiger partial charge on any atom is -0.370 e. The summed E-state index contributed by atoms with van der Waals surface area (Å²) in [5.41, 5.74) is 0.288. The van der Waals surface area contributed by atoms with Crippen molar-refractivity contribution >= 4 is 17.0 Å². The van der Waals surface area contributed by atoms with Gasteiger partial charge in [0.2, 0.25) is 5.95 Å². The van der Waals surface area contributed by atoms with Gasteiger partial charge < -0.3 is 9.64 Å². The summed E-state index contributed by atoms with van der Waals surface area (Å²) in [6.45, 7) is 2.92. The molecule has 0 aromatic carbocycles. The van der Waals surface area contributed by atoms with Crippen LogP contribution in [0.25, 0.3) is 22.3 Å². The lowest BCUT2D eigenvalue weighted by atomic mass is 10.1. The summed E-state index contributed by atoms with van der Waals surface area (Å²) in [5, 5.41) is 4.19. The number of anilines is 1. The molecule has 0 N–H and O–H groups in total. The third kappa shape index (κ3) is 4.22. The lowest BCUT2D eigenvalue weighted by molar-refractivity contribution is -0.141. The summed E-state index contributed by atoms with van der Waals surface area (Å²) in [6, 6.07) is 2.15. The highest BCUT2D eigenvalue weighted by Gasteiger charge is 2.32. The number of hydrogen-bond donors (Lipinski definition) is 0. The first-order valence-electron chi connectivity index (χ1n) is 10.8. The highest BCUT2D eigenvalue weighted by molar-refractivity contribution is 5.89. The average Bonchev–Trinajstić information content (AvgIpc) is 3.28. The zero-order chi connectivity index (χ0) is 24.9. The van der Waals surface area contributed by atoms with E-state index >= 15 is 0 Å². The number of nitrogens with zero attached hydrogens (tertiary/aromatic N) is 8. The van der Waals surface area contributed by atoms with Gasteiger partial charge >= 0.3 is 6.18 Å². The minimum absolute atomic E-state index is 0.0717. The molecule has 4 aromatic heterocycles. The maximum atomic E-state index is 13.1. The van der Waals surface area contributed by atoms with E-state index in [0.29, 0.717) is 31.1 Å². The van der Waals surface area contributed by atoms with Crippen molar-refractivity contribution < 1.29 is 17.9 Å². The van der Waals surface area contributed by atoms with Gasteiger partial charge in [0.25, 0.3) is 5.56 Å². The molecule has 5 heterocycles. The minimum atomic E-state index is -4.57. The largest absolute Gasteiger partial charge is 0.433 e. The molecule has 0 amide bonds. The number of alkyl halides is 3. The summed E-state index contributed by atoms with van der Waals surface area (Å²) in [7, 11) is 3.39. The third-order valence-corrected chi connectivity index (χ3v) is 5.91. The van der Waals surface area contributed by atoms with Crippen LogP contribution in [-0.4, -0.2) is 54.0 Å². The van der Waals surface area contributed by atoms with Crippen LogP contribution in [-0.2, 0) is 25.0 Å². The molecule has 1 aliphatic rings. The fourth-order valence-corrected chi connectivity index (χ4v) is 3.92. The Morgan fingerprint density at radius 1 is 1.09 bits per heavy atom. The molecule has 0 radical (unpaired) electrons. The molecule has 35 heavy (non-hydrogen) atoms. The van der Waals surface area contributed by atoms with Crippen LogP contribution < -0.4 is 10.5 Å². The molecule has 0 bridgehead atoms. The van der Waals surface area contributed by atoms with Crippen molar-refractivity contribution in [3.05, 3.63) is 58.2 Å². The Balaban J connectivity index is 1.63. The number of halogens is 3. The molecule has 1 aliphatic heterocycles. The van der Waals surface area contributed by atoms with E-state index in [4.69, 9.17) is 4.74 Å². The van der Waals surface area contributed by atoms with Crippen molar-refractivity contribution in [2.75, 3.05) is 24.6 Å². The van der Waals surface area contributed by atoms with Crippen LogP contribution in [0.3, 0.4) is 0 Å². The van der Waals surface area contributed by atoms with Crippen molar-refractivity contribution in [3.8, 4) is 11.3 Å². The topological polar surface area (TPSA) is 104 Å². The second kappa shape index (κ2) is 8.41. The normalized spacial score (nSPS) is 16.7. The summed E-state index contributed by atoms with van der Waals surface area (Å²) < 4.78 is 48.1. The fourth-order valence-electron chi connectivity index (χ4n) is 3.92. The lowest BCUT2D eigenvalue weighted by Crippen LogP contribution is -2.39. The van der Waals surface area contributed by atoms with Gasteiger partial charge in [-0.25, -0.2) is 15.0 Å². The second-order valence-corrected chi connectivity index (χ2v) is 8.28. The van der Waals surface area contributed by atoms with Crippen LogP contribution in [0.5, 0.6) is 0 Å². The molecule has 13 heteroatoms. The molecule has 0 saturated carbocycles. The second-order valence-electron chi connectivity index (χ2n) is 8.28. The molecule has 10 nitrogen and oxygen atoms in total. The Hall–Kier alpha value is -3.87. The Morgan fingerprint density at radius 3 is 2.54 bits per heavy atom. The summed E-state index contributed by atoms with van der Waals surface area (Å²) >= 11 is 0. The van der Waals surface area contributed by atoms with E-state index in [1.54, 1.807) is 24.9 Å². The van der Waals surface area contributed by atoms with Gasteiger partial charge in [-0.1, -0.05) is 0 Å². The zero-order valence-corrected chi connectivity index (χ0v) is 19.1. The van der Waals surface area contributed by atoms with Gasteiger partial charge in [-0.2, -0.15) is 18.3 Å². The van der Waals surface area contributed by atoms with Crippen LogP contribution in [0, 0.1) is 6.92 Å². The summed E-state index contributed by atoms with van der Waals surface area (Å²) in [5.74, 6) is 0.676. The Kier molecular flexibility index (Phi) is 5.50. The molecule has 0 spiro atoms. The summed E-state index contributed by atoms with van der Waals surface area (Å²) in [6.07, 6.45) is -0.196. The number of pyridine rings is 1. The number of morpholine rings is 1. The molecule has 4 aromatic rings. The average molecular weight is 486 g/mol. The smallest absolute Gasteiger partial charge is 0.370 e.